The monoisotopic (exact) mass is 358 g/mol. The third kappa shape index (κ3) is 4.25. The average Bonchev–Trinajstić information content (AvgIpc) is 3.11. The van der Waals surface area contributed by atoms with E-state index >= 15 is 0 Å². The predicted octanol–water partition coefficient (Wildman–Crippen LogP) is 5.07. The van der Waals surface area contributed by atoms with Gasteiger partial charge in [0.2, 0.25) is 0 Å². The summed E-state index contributed by atoms with van der Waals surface area (Å²) in [7, 11) is 3.61. The molecular formula is C20H24F2N4. The Labute approximate surface area is 152 Å². The van der Waals surface area contributed by atoms with Crippen LogP contribution in [0.2, 0.25) is 0 Å². The quantitative estimate of drug-likeness (QED) is 0.440. The minimum absolute atomic E-state index is 0.193. The highest BCUT2D eigenvalue weighted by Gasteiger charge is 2.05. The van der Waals surface area contributed by atoms with E-state index in [1.165, 1.54) is 12.1 Å². The van der Waals surface area contributed by atoms with Crippen LogP contribution in [0.1, 0.15) is 25.0 Å². The lowest BCUT2D eigenvalue weighted by Gasteiger charge is -1.93. The third-order valence-electron chi connectivity index (χ3n) is 3.72. The summed E-state index contributed by atoms with van der Waals surface area (Å²) in [5.41, 5.74) is 2.74. The number of hydrogen-bond acceptors (Lipinski definition) is 2. The third-order valence-corrected chi connectivity index (χ3v) is 3.72. The lowest BCUT2D eigenvalue weighted by Crippen LogP contribution is -1.86. The molecule has 0 aliphatic rings. The van der Waals surface area contributed by atoms with Gasteiger partial charge in [-0.15, -0.1) is 0 Å². The van der Waals surface area contributed by atoms with Crippen LogP contribution in [0.5, 0.6) is 0 Å². The topological polar surface area (TPSA) is 35.6 Å². The van der Waals surface area contributed by atoms with Crippen LogP contribution in [0.15, 0.2) is 36.7 Å². The van der Waals surface area contributed by atoms with Gasteiger partial charge in [-0.2, -0.15) is 10.2 Å². The molecule has 2 aromatic carbocycles. The molecule has 26 heavy (non-hydrogen) atoms. The Morgan fingerprint density at radius 3 is 2.08 bits per heavy atom. The molecule has 0 N–H and O–H groups in total. The van der Waals surface area contributed by atoms with Gasteiger partial charge in [0.1, 0.15) is 11.3 Å². The van der Waals surface area contributed by atoms with Crippen LogP contribution in [0, 0.1) is 25.5 Å². The highest BCUT2D eigenvalue weighted by atomic mass is 19.1. The molecule has 0 amide bonds. The molecule has 0 bridgehead atoms. The minimum Gasteiger partial charge on any atom is -0.275 e. The normalized spacial score (nSPS) is 10.3. The zero-order chi connectivity index (χ0) is 19.4. The number of benzene rings is 2. The number of hydrogen-bond donors (Lipinski definition) is 0. The molecule has 0 aliphatic carbocycles. The Morgan fingerprint density at radius 2 is 1.38 bits per heavy atom. The first kappa shape index (κ1) is 19.6. The van der Waals surface area contributed by atoms with E-state index in [1.807, 2.05) is 46.3 Å². The summed E-state index contributed by atoms with van der Waals surface area (Å²) in [5, 5.41) is 9.93. The Hall–Kier alpha value is -2.76. The van der Waals surface area contributed by atoms with E-state index in [0.29, 0.717) is 16.6 Å². The summed E-state index contributed by atoms with van der Waals surface area (Å²) in [6.07, 6.45) is 3.69. The van der Waals surface area contributed by atoms with Crippen LogP contribution in [-0.4, -0.2) is 19.6 Å². The van der Waals surface area contributed by atoms with Gasteiger partial charge in [-0.3, -0.25) is 9.36 Å². The number of rotatable bonds is 0. The van der Waals surface area contributed by atoms with Crippen molar-refractivity contribution in [3.63, 3.8) is 0 Å². The largest absolute Gasteiger partial charge is 0.275 e. The molecule has 138 valence electrons. The second-order valence-electron chi connectivity index (χ2n) is 5.95. The molecule has 0 spiro atoms. The van der Waals surface area contributed by atoms with Crippen molar-refractivity contribution < 1.29 is 8.78 Å². The van der Waals surface area contributed by atoms with Crippen LogP contribution in [0.3, 0.4) is 0 Å². The van der Waals surface area contributed by atoms with Gasteiger partial charge < -0.3 is 0 Å². The zero-order valence-corrected chi connectivity index (χ0v) is 16.0. The first-order valence-electron chi connectivity index (χ1n) is 8.52. The SMILES string of the molecule is CC.Cc1cc(F)c2nn(C)cc2c1.Cc1cc2cn(C)nc2cc1F. The summed E-state index contributed by atoms with van der Waals surface area (Å²) in [5.74, 6) is -0.438. The van der Waals surface area contributed by atoms with Crippen LogP contribution < -0.4 is 0 Å². The number of aryl methyl sites for hydroxylation is 4. The molecule has 0 saturated heterocycles. The van der Waals surface area contributed by atoms with Gasteiger partial charge in [-0.1, -0.05) is 13.8 Å². The molecule has 0 atom stereocenters. The van der Waals surface area contributed by atoms with Crippen molar-refractivity contribution in [3.05, 3.63) is 59.4 Å². The molecule has 4 nitrogen and oxygen atoms in total. The van der Waals surface area contributed by atoms with Crippen molar-refractivity contribution in [2.75, 3.05) is 0 Å². The van der Waals surface area contributed by atoms with Crippen LogP contribution >= 0.6 is 0 Å². The van der Waals surface area contributed by atoms with Gasteiger partial charge in [0.25, 0.3) is 0 Å². The summed E-state index contributed by atoms with van der Waals surface area (Å²) < 4.78 is 29.5. The van der Waals surface area contributed by atoms with Crippen LogP contribution in [-0.2, 0) is 14.1 Å². The van der Waals surface area contributed by atoms with Crippen molar-refractivity contribution >= 4 is 21.8 Å². The Morgan fingerprint density at radius 1 is 0.769 bits per heavy atom. The van der Waals surface area contributed by atoms with Gasteiger partial charge >= 0.3 is 0 Å². The van der Waals surface area contributed by atoms with Crippen molar-refractivity contribution in [1.29, 1.82) is 0 Å². The second-order valence-corrected chi connectivity index (χ2v) is 5.95. The molecule has 0 unspecified atom stereocenters. The van der Waals surface area contributed by atoms with E-state index in [-0.39, 0.29) is 11.6 Å². The Balaban J connectivity index is 0.000000171. The van der Waals surface area contributed by atoms with Crippen molar-refractivity contribution in [3.8, 4) is 0 Å². The Bertz CT molecular complexity index is 992. The van der Waals surface area contributed by atoms with Gasteiger partial charge in [-0.05, 0) is 43.2 Å². The Kier molecular flexibility index (Phi) is 6.08. The number of fused-ring (bicyclic) bond motifs is 2. The summed E-state index contributed by atoms with van der Waals surface area (Å²) >= 11 is 0. The number of halogens is 2. The van der Waals surface area contributed by atoms with Crippen LogP contribution in [0.4, 0.5) is 8.78 Å². The fraction of sp³-hybridized carbons (Fsp3) is 0.300. The maximum Gasteiger partial charge on any atom is 0.151 e. The highest BCUT2D eigenvalue weighted by Crippen LogP contribution is 2.18. The van der Waals surface area contributed by atoms with E-state index < -0.39 is 0 Å². The zero-order valence-electron chi connectivity index (χ0n) is 16.0. The summed E-state index contributed by atoms with van der Waals surface area (Å²) in [6, 6.07) is 6.68. The molecule has 2 aromatic heterocycles. The fourth-order valence-electron chi connectivity index (χ4n) is 2.64. The number of nitrogens with zero attached hydrogens (tertiary/aromatic N) is 4. The highest BCUT2D eigenvalue weighted by molar-refractivity contribution is 5.79. The van der Waals surface area contributed by atoms with E-state index in [2.05, 4.69) is 10.2 Å². The van der Waals surface area contributed by atoms with Crippen molar-refractivity contribution in [2.24, 2.45) is 14.1 Å². The number of aromatic nitrogens is 4. The van der Waals surface area contributed by atoms with Gasteiger partial charge in [-0.25, -0.2) is 8.78 Å². The van der Waals surface area contributed by atoms with E-state index in [1.54, 1.807) is 29.4 Å². The van der Waals surface area contributed by atoms with E-state index in [9.17, 15) is 8.78 Å². The lowest BCUT2D eigenvalue weighted by molar-refractivity contribution is 0.620. The molecular weight excluding hydrogens is 334 g/mol. The first-order chi connectivity index (χ1) is 12.3. The second kappa shape index (κ2) is 8.08. The summed E-state index contributed by atoms with van der Waals surface area (Å²) in [6.45, 7) is 7.62. The molecule has 4 rings (SSSR count). The van der Waals surface area contributed by atoms with Crippen molar-refractivity contribution in [1.82, 2.24) is 19.6 Å². The molecule has 0 radical (unpaired) electrons. The van der Waals surface area contributed by atoms with Crippen LogP contribution in [0.25, 0.3) is 21.8 Å². The first-order valence-corrected chi connectivity index (χ1v) is 8.52. The molecule has 0 saturated carbocycles. The van der Waals surface area contributed by atoms with E-state index in [0.717, 1.165) is 16.3 Å². The molecule has 0 fully saturated rings. The lowest BCUT2D eigenvalue weighted by atomic mass is 10.2. The molecule has 6 heteroatoms. The maximum absolute atomic E-state index is 13.2. The van der Waals surface area contributed by atoms with Gasteiger partial charge in [0.15, 0.2) is 5.82 Å². The van der Waals surface area contributed by atoms with Gasteiger partial charge in [0, 0.05) is 43.3 Å². The average molecular weight is 358 g/mol. The molecule has 2 heterocycles. The maximum atomic E-state index is 13.2. The molecule has 4 aromatic rings. The van der Waals surface area contributed by atoms with E-state index in [4.69, 9.17) is 0 Å². The fourth-order valence-corrected chi connectivity index (χ4v) is 2.64. The predicted molar refractivity (Wildman–Crippen MR) is 102 cm³/mol. The molecule has 0 aliphatic heterocycles. The summed E-state index contributed by atoms with van der Waals surface area (Å²) in [4.78, 5) is 0. The smallest absolute Gasteiger partial charge is 0.151 e. The van der Waals surface area contributed by atoms with Gasteiger partial charge in [0.05, 0.1) is 5.52 Å². The standard InChI is InChI=1S/2C9H9FN2.C2H6/c1-6-3-7-5-12(2)11-9(7)4-8(6)10;1-6-3-7-5-12(2)11-9(7)8(10)4-6;1-2/h2*3-5H,1-2H3;1-2H3. The van der Waals surface area contributed by atoms with Crippen molar-refractivity contribution in [2.45, 2.75) is 27.7 Å². The minimum atomic E-state index is -0.245.